The minimum Gasteiger partial charge on any atom is -0.341 e. The molecule has 1 heterocycles. The lowest BCUT2D eigenvalue weighted by Crippen LogP contribution is -2.54. The number of para-hydroxylation sites is 2. The van der Waals surface area contributed by atoms with Gasteiger partial charge in [0.2, 0.25) is 26.0 Å². The van der Waals surface area contributed by atoms with Gasteiger partial charge in [-0.2, -0.15) is 4.72 Å². The molecule has 1 saturated heterocycles. The molecule has 41 heavy (non-hydrogen) atoms. The number of nitro benzene ring substituents is 2. The molecule has 0 aliphatic carbocycles. The lowest BCUT2D eigenvalue weighted by atomic mass is 10.00. The highest BCUT2D eigenvalue weighted by atomic mass is 32.2. The van der Waals surface area contributed by atoms with Crippen LogP contribution < -0.4 is 9.44 Å². The number of hydrogen-bond donors (Lipinski definition) is 2. The molecule has 0 unspecified atom stereocenters. The fourth-order valence-electron chi connectivity index (χ4n) is 4.52. The third-order valence-electron chi connectivity index (χ3n) is 6.44. The highest BCUT2D eigenvalue weighted by Gasteiger charge is 2.41. The van der Waals surface area contributed by atoms with Gasteiger partial charge in [-0.15, -0.1) is 0 Å². The zero-order valence-corrected chi connectivity index (χ0v) is 23.0. The van der Waals surface area contributed by atoms with Gasteiger partial charge in [0.05, 0.1) is 15.9 Å². The number of hydrogen-bond acceptors (Lipinski definition) is 9. The SMILES string of the molecule is O=C([C@H](NS(=O)(=O)c1ccccc1[N+](=O)[O-])[C@H](NS(=O)(=O)c1ccccc1[N+](=O)[O-])c1ccccc1)N1CCCC1. The van der Waals surface area contributed by atoms with Gasteiger partial charge in [-0.05, 0) is 30.5 Å². The quantitative estimate of drug-likeness (QED) is 0.244. The first-order valence-electron chi connectivity index (χ1n) is 12.3. The Kier molecular flexibility index (Phi) is 8.77. The van der Waals surface area contributed by atoms with E-state index in [1.54, 1.807) is 6.07 Å². The average Bonchev–Trinajstić information content (AvgIpc) is 3.50. The standard InChI is InChI=1S/C25H25N5O9S2/c31-25(28-16-8-9-17-28)24(27-41(38,39)22-15-7-5-13-20(22)30(34)35)23(18-10-2-1-3-11-18)26-40(36,37)21-14-6-4-12-19(21)29(32)33/h1-7,10-15,23-24,26-27H,8-9,16-17H2/t23-,24-/m1/s1. The Morgan fingerprint density at radius 2 is 1.15 bits per heavy atom. The summed E-state index contributed by atoms with van der Waals surface area (Å²) in [5.41, 5.74) is -1.31. The van der Waals surface area contributed by atoms with E-state index in [0.29, 0.717) is 12.8 Å². The number of carbonyl (C=O) groups excluding carboxylic acids is 1. The van der Waals surface area contributed by atoms with Crippen LogP contribution in [-0.4, -0.2) is 56.6 Å². The molecule has 1 aliphatic rings. The van der Waals surface area contributed by atoms with Crippen LogP contribution in [0.2, 0.25) is 0 Å². The van der Waals surface area contributed by atoms with Gasteiger partial charge in [-0.1, -0.05) is 54.6 Å². The van der Waals surface area contributed by atoms with E-state index in [-0.39, 0.29) is 18.7 Å². The molecule has 1 aliphatic heterocycles. The molecule has 3 aromatic rings. The van der Waals surface area contributed by atoms with Crippen LogP contribution in [0.5, 0.6) is 0 Å². The van der Waals surface area contributed by atoms with Crippen molar-refractivity contribution in [3.63, 3.8) is 0 Å². The Balaban J connectivity index is 1.86. The number of nitrogens with zero attached hydrogens (tertiary/aromatic N) is 3. The van der Waals surface area contributed by atoms with E-state index < -0.39 is 69.0 Å². The van der Waals surface area contributed by atoms with Crippen molar-refractivity contribution in [3.05, 3.63) is 105 Å². The lowest BCUT2D eigenvalue weighted by molar-refractivity contribution is -0.388. The van der Waals surface area contributed by atoms with Crippen LogP contribution in [-0.2, 0) is 24.8 Å². The average molecular weight is 604 g/mol. The van der Waals surface area contributed by atoms with E-state index in [2.05, 4.69) is 9.44 Å². The molecule has 0 radical (unpaired) electrons. The number of benzene rings is 3. The van der Waals surface area contributed by atoms with Gasteiger partial charge in [0.25, 0.3) is 11.4 Å². The number of sulfonamides is 2. The monoisotopic (exact) mass is 603 g/mol. The Morgan fingerprint density at radius 3 is 1.63 bits per heavy atom. The van der Waals surface area contributed by atoms with Gasteiger partial charge in [0.15, 0.2) is 9.79 Å². The molecule has 1 fully saturated rings. The van der Waals surface area contributed by atoms with Crippen LogP contribution in [0.15, 0.2) is 88.7 Å². The Morgan fingerprint density at radius 1 is 0.707 bits per heavy atom. The smallest absolute Gasteiger partial charge is 0.289 e. The predicted molar refractivity (Wildman–Crippen MR) is 146 cm³/mol. The molecule has 2 N–H and O–H groups in total. The fourth-order valence-corrected chi connectivity index (χ4v) is 7.30. The van der Waals surface area contributed by atoms with Crippen LogP contribution in [0.4, 0.5) is 11.4 Å². The van der Waals surface area contributed by atoms with E-state index in [1.165, 1.54) is 53.4 Å². The number of rotatable bonds is 11. The van der Waals surface area contributed by atoms with Gasteiger partial charge in [-0.3, -0.25) is 25.0 Å². The molecule has 0 spiro atoms. The molecule has 0 saturated carbocycles. The number of carbonyl (C=O) groups is 1. The van der Waals surface area contributed by atoms with Crippen LogP contribution in [0.25, 0.3) is 0 Å². The van der Waals surface area contributed by atoms with Crippen molar-refractivity contribution in [2.24, 2.45) is 0 Å². The molecule has 3 aromatic carbocycles. The van der Waals surface area contributed by atoms with Crippen molar-refractivity contribution < 1.29 is 31.5 Å². The number of amides is 1. The predicted octanol–water partition coefficient (Wildman–Crippen LogP) is 2.49. The fraction of sp³-hybridized carbons (Fsp3) is 0.240. The van der Waals surface area contributed by atoms with Gasteiger partial charge in [-0.25, -0.2) is 21.6 Å². The molecular weight excluding hydrogens is 578 g/mol. The summed E-state index contributed by atoms with van der Waals surface area (Å²) in [7, 11) is -9.52. The van der Waals surface area contributed by atoms with Crippen molar-refractivity contribution in [2.45, 2.75) is 34.7 Å². The summed E-state index contributed by atoms with van der Waals surface area (Å²) in [6.07, 6.45) is 1.26. The Bertz CT molecular complexity index is 1680. The first-order valence-corrected chi connectivity index (χ1v) is 15.2. The summed E-state index contributed by atoms with van der Waals surface area (Å²) < 4.78 is 58.7. The largest absolute Gasteiger partial charge is 0.341 e. The minimum absolute atomic E-state index is 0.164. The summed E-state index contributed by atoms with van der Waals surface area (Å²) in [5.74, 6) is -0.774. The minimum atomic E-state index is -4.79. The lowest BCUT2D eigenvalue weighted by Gasteiger charge is -2.31. The van der Waals surface area contributed by atoms with E-state index in [9.17, 15) is 41.9 Å². The molecule has 0 aromatic heterocycles. The molecule has 4 rings (SSSR count). The van der Waals surface area contributed by atoms with E-state index in [0.717, 1.165) is 24.3 Å². The van der Waals surface area contributed by atoms with E-state index >= 15 is 0 Å². The van der Waals surface area contributed by atoms with Gasteiger partial charge >= 0.3 is 0 Å². The molecular formula is C25H25N5O9S2. The second kappa shape index (κ2) is 12.1. The summed E-state index contributed by atoms with van der Waals surface area (Å²) >= 11 is 0. The first kappa shape index (κ1) is 29.7. The van der Waals surface area contributed by atoms with Crippen LogP contribution >= 0.6 is 0 Å². The summed E-state index contributed by atoms with van der Waals surface area (Å²) in [4.78, 5) is 35.1. The maximum absolute atomic E-state index is 13.8. The van der Waals surface area contributed by atoms with Crippen molar-refractivity contribution in [1.82, 2.24) is 14.3 Å². The first-order chi connectivity index (χ1) is 19.4. The highest BCUT2D eigenvalue weighted by molar-refractivity contribution is 7.90. The summed E-state index contributed by atoms with van der Waals surface area (Å²) in [6, 6.07) is 13.3. The summed E-state index contributed by atoms with van der Waals surface area (Å²) in [6.45, 7) is 0.557. The highest BCUT2D eigenvalue weighted by Crippen LogP contribution is 2.30. The molecule has 0 bridgehead atoms. The third kappa shape index (κ3) is 6.57. The topological polar surface area (TPSA) is 199 Å². The molecule has 216 valence electrons. The number of likely N-dealkylation sites (tertiary alicyclic amines) is 1. The number of nitrogens with one attached hydrogen (secondary N) is 2. The summed E-state index contributed by atoms with van der Waals surface area (Å²) in [5, 5.41) is 23.2. The normalized spacial score (nSPS) is 15.3. The number of nitro groups is 2. The molecule has 14 nitrogen and oxygen atoms in total. The Hall–Kier alpha value is -4.25. The zero-order valence-electron chi connectivity index (χ0n) is 21.3. The molecule has 2 atom stereocenters. The third-order valence-corrected chi connectivity index (χ3v) is 9.42. The molecule has 1 amide bonds. The maximum Gasteiger partial charge on any atom is 0.289 e. The van der Waals surface area contributed by atoms with Gasteiger partial charge < -0.3 is 4.90 Å². The second-order valence-corrected chi connectivity index (χ2v) is 12.5. The van der Waals surface area contributed by atoms with E-state index in [1.807, 2.05) is 0 Å². The van der Waals surface area contributed by atoms with E-state index in [4.69, 9.17) is 0 Å². The van der Waals surface area contributed by atoms with Gasteiger partial charge in [0, 0.05) is 25.2 Å². The van der Waals surface area contributed by atoms with Crippen molar-refractivity contribution in [2.75, 3.05) is 13.1 Å². The molecule has 16 heteroatoms. The van der Waals surface area contributed by atoms with Crippen LogP contribution in [0.3, 0.4) is 0 Å². The van der Waals surface area contributed by atoms with Crippen LogP contribution in [0, 0.1) is 20.2 Å². The van der Waals surface area contributed by atoms with Crippen molar-refractivity contribution in [1.29, 1.82) is 0 Å². The zero-order chi connectivity index (χ0) is 29.8. The van der Waals surface area contributed by atoms with Crippen molar-refractivity contribution in [3.8, 4) is 0 Å². The second-order valence-electron chi connectivity index (χ2n) is 9.09. The van der Waals surface area contributed by atoms with Crippen molar-refractivity contribution >= 4 is 37.3 Å². The maximum atomic E-state index is 13.8. The van der Waals surface area contributed by atoms with Gasteiger partial charge in [0.1, 0.15) is 6.04 Å². The van der Waals surface area contributed by atoms with Crippen LogP contribution in [0.1, 0.15) is 24.4 Å². The Labute approximate surface area is 235 Å².